The lowest BCUT2D eigenvalue weighted by Crippen LogP contribution is -2.21. The number of aryl methyl sites for hydroxylation is 1. The number of carbonyl (C=O) groups is 1. The molecule has 1 aromatic heterocycles. The first kappa shape index (κ1) is 17.5. The largest absolute Gasteiger partial charge is 0.483 e. The van der Waals surface area contributed by atoms with Crippen LogP contribution in [-0.2, 0) is 18.4 Å². The smallest absolute Gasteiger partial charge is 0.255 e. The van der Waals surface area contributed by atoms with Crippen LogP contribution in [0.25, 0.3) is 0 Å². The van der Waals surface area contributed by atoms with Crippen molar-refractivity contribution in [1.29, 1.82) is 0 Å². The molecule has 0 saturated carbocycles. The van der Waals surface area contributed by atoms with E-state index in [9.17, 15) is 4.79 Å². The number of nitrogens with zero attached hydrogens (tertiary/aromatic N) is 4. The Labute approximate surface area is 142 Å². The maximum absolute atomic E-state index is 10.8. The number of tetrazole rings is 1. The first-order valence-electron chi connectivity index (χ1n) is 6.81. The van der Waals surface area contributed by atoms with Crippen LogP contribution in [0.5, 0.6) is 5.75 Å². The first-order chi connectivity index (χ1) is 11.1. The van der Waals surface area contributed by atoms with Gasteiger partial charge in [0, 0.05) is 36.5 Å². The van der Waals surface area contributed by atoms with Crippen LogP contribution in [0.2, 0.25) is 5.02 Å². The molecular weight excluding hydrogens is 340 g/mol. The molecule has 1 amide bonds. The number of ether oxygens (including phenoxy) is 1. The molecule has 0 spiro atoms. The summed E-state index contributed by atoms with van der Waals surface area (Å²) in [5, 5.41) is 15.9. The number of nitrogens with two attached hydrogens (primary N) is 1. The highest BCUT2D eigenvalue weighted by Gasteiger charge is 2.07. The van der Waals surface area contributed by atoms with Crippen LogP contribution in [0.15, 0.2) is 23.4 Å². The van der Waals surface area contributed by atoms with Gasteiger partial charge in [0.05, 0.1) is 0 Å². The van der Waals surface area contributed by atoms with Crippen LogP contribution in [0.4, 0.5) is 0 Å². The molecule has 2 aromatic rings. The zero-order valence-corrected chi connectivity index (χ0v) is 14.1. The van der Waals surface area contributed by atoms with Gasteiger partial charge in [-0.2, -0.15) is 0 Å². The Morgan fingerprint density at radius 2 is 2.35 bits per heavy atom. The van der Waals surface area contributed by atoms with Crippen LogP contribution in [-0.4, -0.2) is 45.0 Å². The summed E-state index contributed by atoms with van der Waals surface area (Å²) in [6.07, 6.45) is 0. The van der Waals surface area contributed by atoms with Crippen molar-refractivity contribution >= 4 is 29.3 Å². The quantitative estimate of drug-likeness (QED) is 0.500. The number of halogens is 1. The van der Waals surface area contributed by atoms with Crippen molar-refractivity contribution in [2.75, 3.05) is 18.9 Å². The summed E-state index contributed by atoms with van der Waals surface area (Å²) < 4.78 is 7.00. The molecule has 0 bridgehead atoms. The van der Waals surface area contributed by atoms with Gasteiger partial charge in [0.2, 0.25) is 5.16 Å². The third kappa shape index (κ3) is 5.70. The molecule has 0 saturated heterocycles. The van der Waals surface area contributed by atoms with E-state index in [4.69, 9.17) is 22.1 Å². The molecule has 0 fully saturated rings. The van der Waals surface area contributed by atoms with Gasteiger partial charge in [0.1, 0.15) is 5.75 Å². The summed E-state index contributed by atoms with van der Waals surface area (Å²) in [6, 6.07) is 5.23. The Kier molecular flexibility index (Phi) is 6.63. The zero-order chi connectivity index (χ0) is 16.7. The van der Waals surface area contributed by atoms with E-state index in [0.29, 0.717) is 17.3 Å². The van der Waals surface area contributed by atoms with Crippen molar-refractivity contribution < 1.29 is 9.53 Å². The molecule has 0 aliphatic carbocycles. The number of primary amides is 1. The molecule has 0 aliphatic rings. The van der Waals surface area contributed by atoms with Crippen molar-refractivity contribution in [2.45, 2.75) is 11.7 Å². The number of benzene rings is 1. The Balaban J connectivity index is 1.81. The van der Waals surface area contributed by atoms with Crippen molar-refractivity contribution in [3.63, 3.8) is 0 Å². The van der Waals surface area contributed by atoms with Crippen molar-refractivity contribution in [3.05, 3.63) is 28.8 Å². The van der Waals surface area contributed by atoms with E-state index in [1.807, 2.05) is 0 Å². The van der Waals surface area contributed by atoms with Crippen LogP contribution in [0.1, 0.15) is 5.56 Å². The van der Waals surface area contributed by atoms with Crippen molar-refractivity contribution in [2.24, 2.45) is 12.8 Å². The molecule has 0 aliphatic heterocycles. The van der Waals surface area contributed by atoms with Gasteiger partial charge in [-0.1, -0.05) is 23.4 Å². The van der Waals surface area contributed by atoms with E-state index >= 15 is 0 Å². The highest BCUT2D eigenvalue weighted by molar-refractivity contribution is 7.99. The highest BCUT2D eigenvalue weighted by atomic mass is 35.5. The average molecular weight is 357 g/mol. The number of rotatable bonds is 9. The average Bonchev–Trinajstić information content (AvgIpc) is 2.91. The maximum atomic E-state index is 10.8. The van der Waals surface area contributed by atoms with Gasteiger partial charge in [-0.05, 0) is 28.6 Å². The molecule has 1 aromatic carbocycles. The lowest BCUT2D eigenvalue weighted by Gasteiger charge is -2.11. The van der Waals surface area contributed by atoms with E-state index in [0.717, 1.165) is 23.0 Å². The normalized spacial score (nSPS) is 10.7. The standard InChI is InChI=1S/C13H17ClN6O2S/c1-20-13(17-18-19-20)23-5-4-16-7-9-6-10(14)2-3-11(9)22-8-12(15)21/h2-3,6,16H,4-5,7-8H2,1H3,(H2,15,21). The topological polar surface area (TPSA) is 108 Å². The van der Waals surface area contributed by atoms with Gasteiger partial charge < -0.3 is 15.8 Å². The summed E-state index contributed by atoms with van der Waals surface area (Å²) in [6.45, 7) is 1.15. The van der Waals surface area contributed by atoms with Crippen molar-refractivity contribution in [1.82, 2.24) is 25.5 Å². The van der Waals surface area contributed by atoms with Gasteiger partial charge >= 0.3 is 0 Å². The molecule has 3 N–H and O–H groups in total. The van der Waals surface area contributed by atoms with E-state index < -0.39 is 5.91 Å². The Morgan fingerprint density at radius 3 is 3.04 bits per heavy atom. The third-order valence-corrected chi connectivity index (χ3v) is 4.05. The van der Waals surface area contributed by atoms with Gasteiger partial charge in [-0.15, -0.1) is 5.10 Å². The van der Waals surface area contributed by atoms with Gasteiger partial charge in [0.15, 0.2) is 6.61 Å². The molecule has 23 heavy (non-hydrogen) atoms. The van der Waals surface area contributed by atoms with Gasteiger partial charge in [-0.25, -0.2) is 4.68 Å². The number of thioether (sulfide) groups is 1. The second-order valence-electron chi connectivity index (χ2n) is 4.62. The Hall–Kier alpha value is -1.84. The van der Waals surface area contributed by atoms with E-state index in [1.54, 1.807) is 41.7 Å². The number of hydrogen-bond acceptors (Lipinski definition) is 7. The lowest BCUT2D eigenvalue weighted by molar-refractivity contribution is -0.119. The number of aromatic nitrogens is 4. The van der Waals surface area contributed by atoms with Crippen LogP contribution in [0, 0.1) is 0 Å². The summed E-state index contributed by atoms with van der Waals surface area (Å²) in [7, 11) is 1.80. The summed E-state index contributed by atoms with van der Waals surface area (Å²) in [4.78, 5) is 10.8. The van der Waals surface area contributed by atoms with Crippen LogP contribution < -0.4 is 15.8 Å². The second-order valence-corrected chi connectivity index (χ2v) is 6.12. The summed E-state index contributed by atoms with van der Waals surface area (Å²) in [5.41, 5.74) is 5.96. The minimum atomic E-state index is -0.521. The minimum Gasteiger partial charge on any atom is -0.483 e. The Morgan fingerprint density at radius 1 is 1.52 bits per heavy atom. The number of amides is 1. The molecule has 2 rings (SSSR count). The molecule has 8 nitrogen and oxygen atoms in total. The minimum absolute atomic E-state index is 0.163. The fraction of sp³-hybridized carbons (Fsp3) is 0.385. The van der Waals surface area contributed by atoms with Gasteiger partial charge in [-0.3, -0.25) is 4.79 Å². The molecule has 1 heterocycles. The summed E-state index contributed by atoms with van der Waals surface area (Å²) >= 11 is 7.56. The number of carbonyl (C=O) groups excluding carboxylic acids is 1. The van der Waals surface area contributed by atoms with E-state index in [2.05, 4.69) is 20.8 Å². The fourth-order valence-electron chi connectivity index (χ4n) is 1.76. The van der Waals surface area contributed by atoms with Crippen LogP contribution >= 0.6 is 23.4 Å². The second kappa shape index (κ2) is 8.70. The van der Waals surface area contributed by atoms with E-state index in [-0.39, 0.29) is 6.61 Å². The molecule has 124 valence electrons. The van der Waals surface area contributed by atoms with Crippen LogP contribution in [0.3, 0.4) is 0 Å². The third-order valence-electron chi connectivity index (χ3n) is 2.80. The van der Waals surface area contributed by atoms with E-state index in [1.165, 1.54) is 0 Å². The molecule has 0 unspecified atom stereocenters. The lowest BCUT2D eigenvalue weighted by atomic mass is 10.2. The van der Waals surface area contributed by atoms with Gasteiger partial charge in [0.25, 0.3) is 5.91 Å². The molecular formula is C13H17ClN6O2S. The molecule has 10 heteroatoms. The number of nitrogens with one attached hydrogen (secondary N) is 1. The van der Waals surface area contributed by atoms with Crippen molar-refractivity contribution in [3.8, 4) is 5.75 Å². The Bertz CT molecular complexity index is 666. The highest BCUT2D eigenvalue weighted by Crippen LogP contribution is 2.23. The predicted octanol–water partition coefficient (Wildman–Crippen LogP) is 0.609. The number of hydrogen-bond donors (Lipinski definition) is 2. The SMILES string of the molecule is Cn1nnnc1SCCNCc1cc(Cl)ccc1OCC(N)=O. The predicted molar refractivity (Wildman–Crippen MR) is 87.4 cm³/mol. The maximum Gasteiger partial charge on any atom is 0.255 e. The molecule has 0 radical (unpaired) electrons. The fourth-order valence-corrected chi connectivity index (χ4v) is 2.70. The first-order valence-corrected chi connectivity index (χ1v) is 8.18. The molecule has 0 atom stereocenters. The zero-order valence-electron chi connectivity index (χ0n) is 12.5. The summed E-state index contributed by atoms with van der Waals surface area (Å²) in [5.74, 6) is 0.880. The monoisotopic (exact) mass is 356 g/mol.